The van der Waals surface area contributed by atoms with Gasteiger partial charge in [-0.05, 0) is 57.6 Å². The van der Waals surface area contributed by atoms with E-state index in [2.05, 4.69) is 47.2 Å². The summed E-state index contributed by atoms with van der Waals surface area (Å²) in [4.78, 5) is 16.2. The van der Waals surface area contributed by atoms with Crippen LogP contribution in [0.15, 0.2) is 30.9 Å². The van der Waals surface area contributed by atoms with Gasteiger partial charge in [-0.25, -0.2) is 14.5 Å². The molecule has 28 heavy (non-hydrogen) atoms. The number of pyridine rings is 1. The number of nitrogens with zero attached hydrogens (tertiary/aromatic N) is 7. The molecule has 0 aliphatic rings. The predicted molar refractivity (Wildman–Crippen MR) is 111 cm³/mol. The minimum atomic E-state index is 0.675. The Morgan fingerprint density at radius 1 is 1.11 bits per heavy atom. The molecule has 0 aliphatic carbocycles. The molecule has 0 radical (unpaired) electrons. The van der Waals surface area contributed by atoms with E-state index in [-0.39, 0.29) is 0 Å². The second-order valence-electron chi connectivity index (χ2n) is 7.13. The van der Waals surface area contributed by atoms with Crippen LogP contribution < -0.4 is 0 Å². The van der Waals surface area contributed by atoms with Crippen LogP contribution in [-0.2, 0) is 6.54 Å². The third-order valence-electron chi connectivity index (χ3n) is 5.62. The van der Waals surface area contributed by atoms with Crippen LogP contribution in [0.1, 0.15) is 31.5 Å². The van der Waals surface area contributed by atoms with Gasteiger partial charge in [-0.2, -0.15) is 0 Å². The lowest BCUT2D eigenvalue weighted by Gasteiger charge is -2.18. The van der Waals surface area contributed by atoms with Crippen molar-refractivity contribution in [3.05, 3.63) is 42.1 Å². The fourth-order valence-electron chi connectivity index (χ4n) is 3.81. The van der Waals surface area contributed by atoms with Gasteiger partial charge in [-0.1, -0.05) is 13.8 Å². The van der Waals surface area contributed by atoms with E-state index in [4.69, 9.17) is 9.97 Å². The molecule has 0 fully saturated rings. The van der Waals surface area contributed by atoms with Gasteiger partial charge in [0.2, 0.25) is 0 Å². The Hall–Kier alpha value is -2.80. The minimum absolute atomic E-state index is 0.675. The van der Waals surface area contributed by atoms with Gasteiger partial charge in [0.25, 0.3) is 0 Å². The normalized spacial score (nSPS) is 11.9. The summed E-state index contributed by atoms with van der Waals surface area (Å²) in [5.41, 5.74) is 5.23. The number of aromatic nitrogens is 6. The van der Waals surface area contributed by atoms with Gasteiger partial charge in [0.1, 0.15) is 12.0 Å². The highest BCUT2D eigenvalue weighted by molar-refractivity contribution is 5.94. The maximum Gasteiger partial charge on any atom is 0.183 e. The summed E-state index contributed by atoms with van der Waals surface area (Å²) in [6.45, 7) is 13.0. The molecule has 0 amide bonds. The summed E-state index contributed by atoms with van der Waals surface area (Å²) < 4.78 is 4.10. The van der Waals surface area contributed by atoms with Crippen molar-refractivity contribution >= 4 is 16.7 Å². The molecule has 0 saturated carbocycles. The van der Waals surface area contributed by atoms with Crippen molar-refractivity contribution in [2.24, 2.45) is 0 Å². The number of fused-ring (bicyclic) bond motifs is 3. The Balaban J connectivity index is 1.74. The van der Waals surface area contributed by atoms with Crippen LogP contribution in [0.25, 0.3) is 28.1 Å². The number of hydrogen-bond donors (Lipinski definition) is 0. The molecule has 0 spiro atoms. The lowest BCUT2D eigenvalue weighted by molar-refractivity contribution is 0.293. The first-order chi connectivity index (χ1) is 13.6. The summed E-state index contributed by atoms with van der Waals surface area (Å²) in [5, 5.41) is 5.70. The third-order valence-corrected chi connectivity index (χ3v) is 5.62. The van der Waals surface area contributed by atoms with Gasteiger partial charge >= 0.3 is 0 Å². The molecule has 4 aromatic heterocycles. The van der Waals surface area contributed by atoms with Crippen LogP contribution in [0.5, 0.6) is 0 Å². The molecule has 0 atom stereocenters. The molecule has 0 bridgehead atoms. The first-order valence-corrected chi connectivity index (χ1v) is 9.97. The molecule has 0 unspecified atom stereocenters. The number of rotatable bonds is 7. The lowest BCUT2D eigenvalue weighted by Crippen LogP contribution is -2.25. The number of hydrogen-bond acceptors (Lipinski definition) is 5. The van der Waals surface area contributed by atoms with Crippen LogP contribution >= 0.6 is 0 Å². The van der Waals surface area contributed by atoms with Crippen molar-refractivity contribution in [3.63, 3.8) is 0 Å². The van der Waals surface area contributed by atoms with Gasteiger partial charge < -0.3 is 9.47 Å². The van der Waals surface area contributed by atoms with Crippen molar-refractivity contribution in [3.8, 4) is 11.4 Å². The smallest absolute Gasteiger partial charge is 0.183 e. The van der Waals surface area contributed by atoms with Crippen molar-refractivity contribution in [1.82, 2.24) is 34.0 Å². The second-order valence-corrected chi connectivity index (χ2v) is 7.13. The third kappa shape index (κ3) is 3.16. The maximum atomic E-state index is 4.81. The fraction of sp³-hybridized carbons (Fsp3) is 0.429. The first kappa shape index (κ1) is 18.6. The highest BCUT2D eigenvalue weighted by Gasteiger charge is 2.18. The molecule has 7 heteroatoms. The molecule has 146 valence electrons. The van der Waals surface area contributed by atoms with Gasteiger partial charge in [0, 0.05) is 30.2 Å². The Morgan fingerprint density at radius 3 is 2.64 bits per heavy atom. The minimum Gasteiger partial charge on any atom is -0.329 e. The van der Waals surface area contributed by atoms with Crippen molar-refractivity contribution in [1.29, 1.82) is 0 Å². The zero-order chi connectivity index (χ0) is 19.7. The Labute approximate surface area is 165 Å². The van der Waals surface area contributed by atoms with Crippen LogP contribution in [0, 0.1) is 13.8 Å². The monoisotopic (exact) mass is 377 g/mol. The molecule has 7 nitrogen and oxygen atoms in total. The van der Waals surface area contributed by atoms with Crippen LogP contribution in [0.4, 0.5) is 0 Å². The molecule has 0 N–H and O–H groups in total. The predicted octanol–water partition coefficient (Wildman–Crippen LogP) is 3.49. The van der Waals surface area contributed by atoms with Crippen LogP contribution in [0.3, 0.4) is 0 Å². The Morgan fingerprint density at radius 2 is 1.93 bits per heavy atom. The highest BCUT2D eigenvalue weighted by Crippen LogP contribution is 2.28. The Bertz CT molecular complexity index is 1090. The van der Waals surface area contributed by atoms with E-state index < -0.39 is 0 Å². The zero-order valence-electron chi connectivity index (χ0n) is 17.1. The van der Waals surface area contributed by atoms with E-state index in [9.17, 15) is 0 Å². The van der Waals surface area contributed by atoms with Gasteiger partial charge in [-0.15, -0.1) is 5.10 Å². The summed E-state index contributed by atoms with van der Waals surface area (Å²) in [7, 11) is 0. The summed E-state index contributed by atoms with van der Waals surface area (Å²) in [6, 6.07) is 3.87. The maximum absolute atomic E-state index is 4.81. The van der Waals surface area contributed by atoms with Crippen molar-refractivity contribution < 1.29 is 0 Å². The first-order valence-electron chi connectivity index (χ1n) is 9.97. The van der Waals surface area contributed by atoms with E-state index in [1.807, 2.05) is 12.1 Å². The number of aryl methyl sites for hydroxylation is 2. The average molecular weight is 377 g/mol. The van der Waals surface area contributed by atoms with Crippen molar-refractivity contribution in [2.45, 2.75) is 40.7 Å². The summed E-state index contributed by atoms with van der Waals surface area (Å²) >= 11 is 0. The SMILES string of the molecule is CCN(CC)CCCn1c(C)c(C)c2c1ncn1nc(-c3cccnc3)nc21. The molecule has 0 saturated heterocycles. The highest BCUT2D eigenvalue weighted by atomic mass is 15.3. The molecular formula is C21H27N7. The van der Waals surface area contributed by atoms with Crippen LogP contribution in [0.2, 0.25) is 0 Å². The standard InChI is InChI=1S/C21H27N7/c1-5-26(6-2)11-8-12-27-16(4)15(3)18-20(27)23-14-28-21(18)24-19(25-28)17-9-7-10-22-13-17/h7,9-10,13-14H,5-6,8,11-12H2,1-4H3. The lowest BCUT2D eigenvalue weighted by atomic mass is 10.2. The van der Waals surface area contributed by atoms with E-state index in [0.29, 0.717) is 5.82 Å². The molecule has 4 aromatic rings. The van der Waals surface area contributed by atoms with Gasteiger partial charge in [0.15, 0.2) is 11.5 Å². The molecule has 4 heterocycles. The van der Waals surface area contributed by atoms with Gasteiger partial charge in [-0.3, -0.25) is 4.98 Å². The summed E-state index contributed by atoms with van der Waals surface area (Å²) in [5.74, 6) is 0.675. The molecule has 0 aromatic carbocycles. The van der Waals surface area contributed by atoms with E-state index in [1.54, 1.807) is 23.2 Å². The van der Waals surface area contributed by atoms with E-state index >= 15 is 0 Å². The van der Waals surface area contributed by atoms with Crippen molar-refractivity contribution in [2.75, 3.05) is 19.6 Å². The molecule has 0 aliphatic heterocycles. The largest absolute Gasteiger partial charge is 0.329 e. The fourth-order valence-corrected chi connectivity index (χ4v) is 3.81. The van der Waals surface area contributed by atoms with Gasteiger partial charge in [0.05, 0.1) is 5.39 Å². The summed E-state index contributed by atoms with van der Waals surface area (Å²) in [6.07, 6.45) is 6.41. The van der Waals surface area contributed by atoms with E-state index in [0.717, 1.165) is 54.8 Å². The zero-order valence-corrected chi connectivity index (χ0v) is 17.1. The Kier molecular flexibility index (Phi) is 5.09. The topological polar surface area (TPSA) is 64.1 Å². The second kappa shape index (κ2) is 7.67. The quantitative estimate of drug-likeness (QED) is 0.493. The molecule has 4 rings (SSSR count). The van der Waals surface area contributed by atoms with Crippen LogP contribution in [-0.4, -0.2) is 53.7 Å². The van der Waals surface area contributed by atoms with E-state index in [1.165, 1.54) is 11.3 Å². The molecular weight excluding hydrogens is 350 g/mol. The average Bonchev–Trinajstić information content (AvgIpc) is 3.26.